The highest BCUT2D eigenvalue weighted by Crippen LogP contribution is 2.19. The minimum Gasteiger partial charge on any atom is -0.355 e. The molecular formula is C18H17FN4O2. The van der Waals surface area contributed by atoms with Gasteiger partial charge in [-0.2, -0.15) is 0 Å². The minimum atomic E-state index is -0.300. The predicted octanol–water partition coefficient (Wildman–Crippen LogP) is 2.01. The number of fused-ring (bicyclic) bond motifs is 1. The van der Waals surface area contributed by atoms with Crippen LogP contribution in [0.2, 0.25) is 0 Å². The summed E-state index contributed by atoms with van der Waals surface area (Å²) in [5.41, 5.74) is 2.67. The Hall–Kier alpha value is -3.22. The molecule has 0 aliphatic rings. The van der Waals surface area contributed by atoms with E-state index in [1.54, 1.807) is 41.1 Å². The molecule has 0 radical (unpaired) electrons. The predicted molar refractivity (Wildman–Crippen MR) is 91.6 cm³/mol. The van der Waals surface area contributed by atoms with E-state index >= 15 is 0 Å². The molecule has 0 fully saturated rings. The van der Waals surface area contributed by atoms with E-state index in [4.69, 9.17) is 0 Å². The van der Waals surface area contributed by atoms with Crippen molar-refractivity contribution in [3.8, 4) is 11.3 Å². The van der Waals surface area contributed by atoms with Crippen LogP contribution in [0, 0.1) is 5.82 Å². The number of rotatable bonds is 5. The molecule has 2 N–H and O–H groups in total. The number of aromatic nitrogens is 2. The quantitative estimate of drug-likeness (QED) is 0.698. The van der Waals surface area contributed by atoms with E-state index in [1.807, 2.05) is 0 Å². The first-order valence-electron chi connectivity index (χ1n) is 7.80. The number of carbonyl (C=O) groups is 2. The zero-order chi connectivity index (χ0) is 17.8. The largest absolute Gasteiger partial charge is 0.355 e. The molecule has 2 aromatic heterocycles. The van der Waals surface area contributed by atoms with Gasteiger partial charge in [-0.3, -0.25) is 9.59 Å². The lowest BCUT2D eigenvalue weighted by Gasteiger charge is -2.06. The molecule has 1 aromatic carbocycles. The van der Waals surface area contributed by atoms with Crippen molar-refractivity contribution in [2.75, 3.05) is 13.1 Å². The summed E-state index contributed by atoms with van der Waals surface area (Å²) >= 11 is 0. The van der Waals surface area contributed by atoms with E-state index in [-0.39, 0.29) is 17.6 Å². The SMILES string of the molecule is CC(=O)NCCNC(=O)c1ccc2nc(-c3ccc(F)cc3)cn2c1. The van der Waals surface area contributed by atoms with Crippen molar-refractivity contribution in [2.45, 2.75) is 6.92 Å². The first kappa shape index (κ1) is 16.6. The van der Waals surface area contributed by atoms with Crippen molar-refractivity contribution in [2.24, 2.45) is 0 Å². The first-order valence-corrected chi connectivity index (χ1v) is 7.80. The Balaban J connectivity index is 1.74. The second-order valence-electron chi connectivity index (χ2n) is 5.56. The Morgan fingerprint density at radius 3 is 2.48 bits per heavy atom. The molecule has 25 heavy (non-hydrogen) atoms. The van der Waals surface area contributed by atoms with Crippen LogP contribution < -0.4 is 10.6 Å². The average Bonchev–Trinajstić information content (AvgIpc) is 3.02. The van der Waals surface area contributed by atoms with Gasteiger partial charge in [-0.1, -0.05) is 0 Å². The Kier molecular flexibility index (Phi) is 4.74. The Morgan fingerprint density at radius 2 is 1.76 bits per heavy atom. The first-order chi connectivity index (χ1) is 12.0. The van der Waals surface area contributed by atoms with Gasteiger partial charge in [-0.25, -0.2) is 9.37 Å². The number of carbonyl (C=O) groups excluding carboxylic acids is 2. The lowest BCUT2D eigenvalue weighted by molar-refractivity contribution is -0.118. The maximum Gasteiger partial charge on any atom is 0.252 e. The van der Waals surface area contributed by atoms with Crippen LogP contribution >= 0.6 is 0 Å². The van der Waals surface area contributed by atoms with Gasteiger partial charge in [0.1, 0.15) is 11.5 Å². The third-order valence-electron chi connectivity index (χ3n) is 3.64. The number of hydrogen-bond donors (Lipinski definition) is 2. The number of imidazole rings is 1. The number of benzene rings is 1. The topological polar surface area (TPSA) is 75.5 Å². The summed E-state index contributed by atoms with van der Waals surface area (Å²) in [6.07, 6.45) is 3.47. The molecule has 2 heterocycles. The van der Waals surface area contributed by atoms with Crippen molar-refractivity contribution >= 4 is 17.5 Å². The number of halogens is 1. The summed E-state index contributed by atoms with van der Waals surface area (Å²) in [4.78, 5) is 27.4. The molecular weight excluding hydrogens is 323 g/mol. The highest BCUT2D eigenvalue weighted by molar-refractivity contribution is 5.94. The molecule has 0 saturated carbocycles. The highest BCUT2D eigenvalue weighted by Gasteiger charge is 2.09. The van der Waals surface area contributed by atoms with Crippen LogP contribution in [0.15, 0.2) is 48.8 Å². The number of nitrogens with one attached hydrogen (secondary N) is 2. The second kappa shape index (κ2) is 7.12. The van der Waals surface area contributed by atoms with Crippen molar-refractivity contribution in [3.63, 3.8) is 0 Å². The van der Waals surface area contributed by atoms with Crippen molar-refractivity contribution in [3.05, 3.63) is 60.2 Å². The Morgan fingerprint density at radius 1 is 1.04 bits per heavy atom. The monoisotopic (exact) mass is 340 g/mol. The molecule has 0 aliphatic carbocycles. The van der Waals surface area contributed by atoms with Crippen LogP contribution in [0.5, 0.6) is 0 Å². The van der Waals surface area contributed by atoms with Crippen LogP contribution in [0.25, 0.3) is 16.9 Å². The van der Waals surface area contributed by atoms with E-state index in [9.17, 15) is 14.0 Å². The maximum atomic E-state index is 13.0. The number of amides is 2. The van der Waals surface area contributed by atoms with Crippen LogP contribution in [-0.4, -0.2) is 34.3 Å². The number of nitrogens with zero attached hydrogens (tertiary/aromatic N) is 2. The van der Waals surface area contributed by atoms with Gasteiger partial charge in [0.2, 0.25) is 5.91 Å². The van der Waals surface area contributed by atoms with Crippen molar-refractivity contribution < 1.29 is 14.0 Å². The fraction of sp³-hybridized carbons (Fsp3) is 0.167. The van der Waals surface area contributed by atoms with Crippen molar-refractivity contribution in [1.29, 1.82) is 0 Å². The fourth-order valence-electron chi connectivity index (χ4n) is 2.40. The molecule has 0 atom stereocenters. The van der Waals surface area contributed by atoms with Crippen LogP contribution in [0.1, 0.15) is 17.3 Å². The summed E-state index contributed by atoms with van der Waals surface area (Å²) in [7, 11) is 0. The Bertz CT molecular complexity index is 918. The molecule has 2 amide bonds. The number of pyridine rings is 1. The zero-order valence-corrected chi connectivity index (χ0v) is 13.6. The summed E-state index contributed by atoms with van der Waals surface area (Å²) in [5.74, 6) is -0.669. The molecule has 6 nitrogen and oxygen atoms in total. The smallest absolute Gasteiger partial charge is 0.252 e. The fourth-order valence-corrected chi connectivity index (χ4v) is 2.40. The average molecular weight is 340 g/mol. The standard InChI is InChI=1S/C18H17FN4O2/c1-12(24)20-8-9-21-18(25)14-4-7-17-22-16(11-23(17)10-14)13-2-5-15(19)6-3-13/h2-7,10-11H,8-9H2,1H3,(H,20,24)(H,21,25). The lowest BCUT2D eigenvalue weighted by Crippen LogP contribution is -2.33. The van der Waals surface area contributed by atoms with E-state index in [0.717, 1.165) is 5.56 Å². The molecule has 7 heteroatoms. The summed E-state index contributed by atoms with van der Waals surface area (Å²) in [6, 6.07) is 9.51. The molecule has 128 valence electrons. The molecule has 0 saturated heterocycles. The lowest BCUT2D eigenvalue weighted by atomic mass is 10.2. The molecule has 0 aliphatic heterocycles. The maximum absolute atomic E-state index is 13.0. The zero-order valence-electron chi connectivity index (χ0n) is 13.6. The highest BCUT2D eigenvalue weighted by atomic mass is 19.1. The molecule has 0 bridgehead atoms. The van der Waals surface area contributed by atoms with E-state index in [2.05, 4.69) is 15.6 Å². The van der Waals surface area contributed by atoms with E-state index < -0.39 is 0 Å². The van der Waals surface area contributed by atoms with Crippen LogP contribution in [0.4, 0.5) is 4.39 Å². The van der Waals surface area contributed by atoms with Gasteiger partial charge in [0.05, 0.1) is 11.3 Å². The Labute approximate surface area is 143 Å². The molecule has 0 spiro atoms. The van der Waals surface area contributed by atoms with Gasteiger partial charge in [-0.05, 0) is 36.4 Å². The van der Waals surface area contributed by atoms with Gasteiger partial charge < -0.3 is 15.0 Å². The summed E-state index contributed by atoms with van der Waals surface area (Å²) in [5, 5.41) is 5.35. The van der Waals surface area contributed by atoms with Gasteiger partial charge >= 0.3 is 0 Å². The normalized spacial score (nSPS) is 10.6. The van der Waals surface area contributed by atoms with Crippen molar-refractivity contribution in [1.82, 2.24) is 20.0 Å². The van der Waals surface area contributed by atoms with Gasteiger partial charge in [0, 0.05) is 38.0 Å². The minimum absolute atomic E-state index is 0.137. The van der Waals surface area contributed by atoms with Crippen LogP contribution in [0.3, 0.4) is 0 Å². The second-order valence-corrected chi connectivity index (χ2v) is 5.56. The van der Waals surface area contributed by atoms with Gasteiger partial charge in [0.25, 0.3) is 5.91 Å². The summed E-state index contributed by atoms with van der Waals surface area (Å²) < 4.78 is 14.8. The van der Waals surface area contributed by atoms with Gasteiger partial charge in [0.15, 0.2) is 0 Å². The van der Waals surface area contributed by atoms with Crippen LogP contribution in [-0.2, 0) is 4.79 Å². The molecule has 0 unspecified atom stereocenters. The molecule has 3 aromatic rings. The summed E-state index contributed by atoms with van der Waals surface area (Å²) in [6.45, 7) is 2.15. The third-order valence-corrected chi connectivity index (χ3v) is 3.64. The van der Waals surface area contributed by atoms with E-state index in [0.29, 0.717) is 30.0 Å². The molecule has 3 rings (SSSR count). The number of hydrogen-bond acceptors (Lipinski definition) is 3. The van der Waals surface area contributed by atoms with Gasteiger partial charge in [-0.15, -0.1) is 0 Å². The third kappa shape index (κ3) is 4.00. The van der Waals surface area contributed by atoms with E-state index in [1.165, 1.54) is 19.1 Å².